The van der Waals surface area contributed by atoms with E-state index >= 15 is 0 Å². The van der Waals surface area contributed by atoms with Crippen LogP contribution in [0.25, 0.3) is 0 Å². The third kappa shape index (κ3) is 4.70. The summed E-state index contributed by atoms with van der Waals surface area (Å²) in [6.07, 6.45) is 12.3. The largest absolute Gasteiger partial charge is 0.315 e. The maximum Gasteiger partial charge on any atom is 0.214 e. The van der Waals surface area contributed by atoms with E-state index in [0.717, 1.165) is 37.6 Å². The second-order valence-corrected chi connectivity index (χ2v) is 8.64. The Morgan fingerprint density at radius 3 is 2.52 bits per heavy atom. The first-order chi connectivity index (χ1) is 13.2. The normalized spacial score (nSPS) is 24.3. The van der Waals surface area contributed by atoms with E-state index in [1.54, 1.807) is 5.57 Å². The van der Waals surface area contributed by atoms with Gasteiger partial charge in [-0.3, -0.25) is 4.79 Å². The zero-order valence-corrected chi connectivity index (χ0v) is 16.5. The summed E-state index contributed by atoms with van der Waals surface area (Å²) >= 11 is 0. The molecule has 1 atom stereocenters. The van der Waals surface area contributed by atoms with Crippen LogP contribution in [0.3, 0.4) is 0 Å². The molecule has 1 aliphatic heterocycles. The van der Waals surface area contributed by atoms with Crippen LogP contribution in [0.5, 0.6) is 0 Å². The number of para-hydroxylation sites is 1. The smallest absolute Gasteiger partial charge is 0.214 e. The Bertz CT molecular complexity index is 696. The van der Waals surface area contributed by atoms with E-state index in [1.807, 2.05) is 35.2 Å². The summed E-state index contributed by atoms with van der Waals surface area (Å²) in [7, 11) is 0. The monoisotopic (exact) mass is 364 g/mol. The van der Waals surface area contributed by atoms with Crippen LogP contribution in [0.1, 0.15) is 39.0 Å². The van der Waals surface area contributed by atoms with E-state index < -0.39 is 0 Å². The average molecular weight is 365 g/mol. The Morgan fingerprint density at radius 2 is 1.85 bits per heavy atom. The third-order valence-corrected chi connectivity index (χ3v) is 6.55. The quantitative estimate of drug-likeness (QED) is 0.657. The third-order valence-electron chi connectivity index (χ3n) is 6.55. The molecular formula is C24H32N2O. The van der Waals surface area contributed by atoms with Crippen LogP contribution in [-0.2, 0) is 4.79 Å². The predicted octanol–water partition coefficient (Wildman–Crippen LogP) is 4.66. The molecule has 0 spiro atoms. The number of carbonyl (C=O) groups is 1. The molecule has 2 fully saturated rings. The Kier molecular flexibility index (Phi) is 5.77. The molecule has 3 heteroatoms. The van der Waals surface area contributed by atoms with Crippen molar-refractivity contribution in [3.63, 3.8) is 0 Å². The topological polar surface area (TPSA) is 23.6 Å². The van der Waals surface area contributed by atoms with Gasteiger partial charge in [-0.1, -0.05) is 41.5 Å². The number of anilines is 1. The van der Waals surface area contributed by atoms with Gasteiger partial charge in [-0.2, -0.15) is 0 Å². The number of allylic oxidation sites excluding steroid dienone is 3. The van der Waals surface area contributed by atoms with Gasteiger partial charge in [0.1, 0.15) is 0 Å². The molecule has 27 heavy (non-hydrogen) atoms. The van der Waals surface area contributed by atoms with Gasteiger partial charge in [0.25, 0.3) is 0 Å². The summed E-state index contributed by atoms with van der Waals surface area (Å²) in [5.74, 6) is 2.20. The molecule has 1 saturated carbocycles. The molecule has 144 valence electrons. The minimum Gasteiger partial charge on any atom is -0.315 e. The molecule has 1 saturated heterocycles. The van der Waals surface area contributed by atoms with Crippen LogP contribution in [0.2, 0.25) is 0 Å². The van der Waals surface area contributed by atoms with E-state index in [2.05, 4.69) is 24.0 Å². The summed E-state index contributed by atoms with van der Waals surface area (Å²) in [4.78, 5) is 16.0. The fourth-order valence-corrected chi connectivity index (χ4v) is 4.73. The molecule has 3 nitrogen and oxygen atoms in total. The molecule has 1 aromatic carbocycles. The first-order valence-corrected chi connectivity index (χ1v) is 10.6. The Labute approximate surface area is 163 Å². The first-order valence-electron chi connectivity index (χ1n) is 10.6. The van der Waals surface area contributed by atoms with Crippen LogP contribution in [-0.4, -0.2) is 37.5 Å². The lowest BCUT2D eigenvalue weighted by molar-refractivity contribution is -0.107. The molecule has 1 heterocycles. The Balaban J connectivity index is 1.25. The highest BCUT2D eigenvalue weighted by atomic mass is 16.1. The second kappa shape index (κ2) is 8.43. The van der Waals surface area contributed by atoms with E-state index in [4.69, 9.17) is 0 Å². The average Bonchev–Trinajstić information content (AvgIpc) is 3.55. The zero-order valence-electron chi connectivity index (χ0n) is 16.5. The van der Waals surface area contributed by atoms with Gasteiger partial charge in [0.15, 0.2) is 0 Å². The second-order valence-electron chi connectivity index (χ2n) is 8.64. The minimum atomic E-state index is 0.609. The van der Waals surface area contributed by atoms with Crippen molar-refractivity contribution in [3.8, 4) is 0 Å². The molecule has 2 aliphatic carbocycles. The fourth-order valence-electron chi connectivity index (χ4n) is 4.73. The molecule has 1 aromatic rings. The Hall–Kier alpha value is -1.87. The highest BCUT2D eigenvalue weighted by molar-refractivity contribution is 5.74. The van der Waals surface area contributed by atoms with Crippen LogP contribution >= 0.6 is 0 Å². The first kappa shape index (κ1) is 18.5. The van der Waals surface area contributed by atoms with Gasteiger partial charge in [0.05, 0.1) is 0 Å². The molecule has 1 amide bonds. The summed E-state index contributed by atoms with van der Waals surface area (Å²) in [5, 5.41) is 0. The van der Waals surface area contributed by atoms with Crippen molar-refractivity contribution in [3.05, 3.63) is 53.6 Å². The lowest BCUT2D eigenvalue weighted by Gasteiger charge is -2.36. The maximum atomic E-state index is 11.5. The number of likely N-dealkylation sites (tertiary alicyclic amines) is 1. The molecule has 0 bridgehead atoms. The van der Waals surface area contributed by atoms with Crippen molar-refractivity contribution in [2.75, 3.05) is 31.1 Å². The predicted molar refractivity (Wildman–Crippen MR) is 112 cm³/mol. The highest BCUT2D eigenvalue weighted by Crippen LogP contribution is 2.43. The molecular weight excluding hydrogens is 332 g/mol. The lowest BCUT2D eigenvalue weighted by Crippen LogP contribution is -2.40. The number of amides is 1. The van der Waals surface area contributed by atoms with E-state index in [0.29, 0.717) is 11.8 Å². The van der Waals surface area contributed by atoms with Crippen molar-refractivity contribution >= 4 is 12.1 Å². The van der Waals surface area contributed by atoms with Crippen LogP contribution in [0.4, 0.5) is 5.69 Å². The lowest BCUT2D eigenvalue weighted by atomic mass is 9.86. The van der Waals surface area contributed by atoms with Crippen molar-refractivity contribution in [1.82, 2.24) is 4.90 Å². The van der Waals surface area contributed by atoms with E-state index in [9.17, 15) is 4.79 Å². The van der Waals surface area contributed by atoms with E-state index in [-0.39, 0.29) is 0 Å². The molecule has 1 unspecified atom stereocenters. The van der Waals surface area contributed by atoms with Crippen LogP contribution < -0.4 is 4.90 Å². The number of piperidine rings is 1. The molecule has 0 N–H and O–H groups in total. The van der Waals surface area contributed by atoms with Crippen molar-refractivity contribution in [2.45, 2.75) is 39.0 Å². The number of benzene rings is 1. The van der Waals surface area contributed by atoms with Crippen LogP contribution in [0.15, 0.2) is 53.6 Å². The van der Waals surface area contributed by atoms with Crippen molar-refractivity contribution < 1.29 is 4.79 Å². The Morgan fingerprint density at radius 1 is 1.11 bits per heavy atom. The number of hydrogen-bond acceptors (Lipinski definition) is 2. The fraction of sp³-hybridized carbons (Fsp3) is 0.542. The summed E-state index contributed by atoms with van der Waals surface area (Å²) < 4.78 is 0. The standard InChI is InChI=1S/C24H32N2O/c1-19-7-8-21(15-24(19)22-9-10-22)16-25-13-11-20(12-14-25)17-26(18-27)23-5-3-2-4-6-23/h2-8,18,20-22H,9-17H2,1H3. The van der Waals surface area contributed by atoms with Gasteiger partial charge in [-0.25, -0.2) is 0 Å². The SMILES string of the molecule is CC1=C(C2CC2)CC(CN2CCC(CN(C=O)c3ccccc3)CC2)C=C1. The van der Waals surface area contributed by atoms with Crippen molar-refractivity contribution in [1.29, 1.82) is 0 Å². The molecule has 4 rings (SSSR count). The number of nitrogens with zero attached hydrogens (tertiary/aromatic N) is 2. The maximum absolute atomic E-state index is 11.5. The molecule has 0 radical (unpaired) electrons. The summed E-state index contributed by atoms with van der Waals surface area (Å²) in [6, 6.07) is 10.0. The number of hydrogen-bond donors (Lipinski definition) is 0. The van der Waals surface area contributed by atoms with Gasteiger partial charge < -0.3 is 9.80 Å². The van der Waals surface area contributed by atoms with Gasteiger partial charge in [0.2, 0.25) is 6.41 Å². The van der Waals surface area contributed by atoms with Gasteiger partial charge in [0, 0.05) is 18.8 Å². The zero-order chi connectivity index (χ0) is 18.6. The van der Waals surface area contributed by atoms with Crippen molar-refractivity contribution in [2.24, 2.45) is 17.8 Å². The molecule has 0 aromatic heterocycles. The van der Waals surface area contributed by atoms with Gasteiger partial charge in [-0.15, -0.1) is 0 Å². The molecule has 3 aliphatic rings. The number of carbonyl (C=O) groups excluding carboxylic acids is 1. The van der Waals surface area contributed by atoms with Crippen LogP contribution in [0, 0.1) is 17.8 Å². The summed E-state index contributed by atoms with van der Waals surface area (Å²) in [6.45, 7) is 6.66. The number of rotatable bonds is 7. The minimum absolute atomic E-state index is 0.609. The highest BCUT2D eigenvalue weighted by Gasteiger charge is 2.31. The van der Waals surface area contributed by atoms with Gasteiger partial charge >= 0.3 is 0 Å². The van der Waals surface area contributed by atoms with Gasteiger partial charge in [-0.05, 0) is 82.0 Å². The summed E-state index contributed by atoms with van der Waals surface area (Å²) in [5.41, 5.74) is 4.28. The van der Waals surface area contributed by atoms with E-state index in [1.165, 1.54) is 44.2 Å².